The lowest BCUT2D eigenvalue weighted by atomic mass is 9.72. The van der Waals surface area contributed by atoms with Gasteiger partial charge in [-0.3, -0.25) is 4.98 Å². The Morgan fingerprint density at radius 3 is 2.24 bits per heavy atom. The van der Waals surface area contributed by atoms with Gasteiger partial charge < -0.3 is 14.4 Å². The van der Waals surface area contributed by atoms with Gasteiger partial charge >= 0.3 is 13.2 Å². The molecule has 0 saturated carbocycles. The summed E-state index contributed by atoms with van der Waals surface area (Å²) >= 11 is 0. The molecule has 6 nitrogen and oxygen atoms in total. The van der Waals surface area contributed by atoms with E-state index in [-0.39, 0.29) is 0 Å². The summed E-state index contributed by atoms with van der Waals surface area (Å²) in [5.41, 5.74) is 0.575. The Balaban J connectivity index is 2.34. The Morgan fingerprint density at radius 2 is 1.76 bits per heavy atom. The average molecular weight is 344 g/mol. The maximum absolute atomic E-state index is 12.0. The Bertz CT molecular complexity index is 833. The summed E-state index contributed by atoms with van der Waals surface area (Å²) in [6.45, 7) is 13.9. The van der Waals surface area contributed by atoms with Crippen molar-refractivity contribution in [2.24, 2.45) is 0 Å². The first-order valence-corrected chi connectivity index (χ1v) is 8.44. The maximum atomic E-state index is 12.0. The van der Waals surface area contributed by atoms with E-state index in [9.17, 15) is 9.90 Å². The smallest absolute Gasteiger partial charge is 0.464 e. The van der Waals surface area contributed by atoms with Crippen molar-refractivity contribution in [3.05, 3.63) is 24.2 Å². The fourth-order valence-electron chi connectivity index (χ4n) is 3.30. The summed E-state index contributed by atoms with van der Waals surface area (Å²) in [6, 6.07) is 1.72. The molecule has 3 rings (SSSR count). The quantitative estimate of drug-likeness (QED) is 0.805. The van der Waals surface area contributed by atoms with Crippen molar-refractivity contribution in [2.45, 2.75) is 65.1 Å². The highest BCUT2D eigenvalue weighted by Gasteiger charge is 2.54. The fraction of sp³-hybridized carbons (Fsp3) is 0.556. The summed E-state index contributed by atoms with van der Waals surface area (Å²) in [4.78, 5) is 16.2. The van der Waals surface area contributed by atoms with Crippen molar-refractivity contribution < 1.29 is 19.2 Å². The third-order valence-corrected chi connectivity index (χ3v) is 5.20. The second-order valence-electron chi connectivity index (χ2n) is 8.61. The number of carboxylic acid groups (broad SMARTS) is 1. The second kappa shape index (κ2) is 5.32. The van der Waals surface area contributed by atoms with Gasteiger partial charge in [-0.25, -0.2) is 9.36 Å². The zero-order chi connectivity index (χ0) is 18.8. The van der Waals surface area contributed by atoms with Crippen LogP contribution in [0.5, 0.6) is 0 Å². The van der Waals surface area contributed by atoms with Crippen molar-refractivity contribution in [1.82, 2.24) is 9.55 Å². The van der Waals surface area contributed by atoms with Gasteiger partial charge in [-0.1, -0.05) is 20.8 Å². The molecule has 3 heterocycles. The van der Waals surface area contributed by atoms with Gasteiger partial charge in [0.1, 0.15) is 0 Å². The van der Waals surface area contributed by atoms with Crippen LogP contribution in [0, 0.1) is 0 Å². The molecule has 0 radical (unpaired) electrons. The van der Waals surface area contributed by atoms with Crippen LogP contribution >= 0.6 is 0 Å². The van der Waals surface area contributed by atoms with E-state index in [4.69, 9.17) is 9.31 Å². The van der Waals surface area contributed by atoms with Gasteiger partial charge in [0.05, 0.1) is 16.7 Å². The van der Waals surface area contributed by atoms with Gasteiger partial charge in [-0.2, -0.15) is 0 Å². The molecule has 1 saturated heterocycles. The van der Waals surface area contributed by atoms with Crippen molar-refractivity contribution in [2.75, 3.05) is 0 Å². The highest BCUT2D eigenvalue weighted by Crippen LogP contribution is 2.39. The lowest BCUT2D eigenvalue weighted by Gasteiger charge is -2.32. The summed E-state index contributed by atoms with van der Waals surface area (Å²) in [5.74, 6) is 0. The average Bonchev–Trinajstić information content (AvgIpc) is 2.90. The number of fused-ring (bicyclic) bond motifs is 1. The number of carbonyl (C=O) groups is 1. The van der Waals surface area contributed by atoms with Gasteiger partial charge in [0.2, 0.25) is 0 Å². The minimum Gasteiger partial charge on any atom is -0.464 e. The van der Waals surface area contributed by atoms with Gasteiger partial charge in [0, 0.05) is 34.4 Å². The largest absolute Gasteiger partial charge is 0.497 e. The van der Waals surface area contributed by atoms with Gasteiger partial charge in [-0.15, -0.1) is 0 Å². The first-order chi connectivity index (χ1) is 11.4. The molecule has 0 atom stereocenters. The van der Waals surface area contributed by atoms with Crippen LogP contribution in [-0.4, -0.2) is 39.1 Å². The van der Waals surface area contributed by atoms with Crippen molar-refractivity contribution in [1.29, 1.82) is 0 Å². The number of aromatic nitrogens is 2. The van der Waals surface area contributed by atoms with E-state index < -0.39 is 29.8 Å². The SMILES string of the molecule is CC(C)(C)c1c(B2OC(C)(C)C(C)(C)O2)c2cnccc2n1C(=O)O. The van der Waals surface area contributed by atoms with Gasteiger partial charge in [0.25, 0.3) is 0 Å². The number of rotatable bonds is 1. The molecule has 2 aromatic heterocycles. The van der Waals surface area contributed by atoms with Crippen LogP contribution in [-0.2, 0) is 14.7 Å². The van der Waals surface area contributed by atoms with Crippen LogP contribution in [0.25, 0.3) is 10.9 Å². The molecule has 1 N–H and O–H groups in total. The molecule has 0 bridgehead atoms. The molecule has 134 valence electrons. The first-order valence-electron chi connectivity index (χ1n) is 8.44. The third kappa shape index (κ3) is 2.66. The number of pyridine rings is 1. The van der Waals surface area contributed by atoms with E-state index in [1.165, 1.54) is 4.57 Å². The molecule has 0 aliphatic carbocycles. The van der Waals surface area contributed by atoms with Crippen molar-refractivity contribution >= 4 is 29.6 Å². The van der Waals surface area contributed by atoms with Gasteiger partial charge in [0.15, 0.2) is 0 Å². The Hall–Kier alpha value is -1.86. The number of nitrogens with zero attached hydrogens (tertiary/aromatic N) is 2. The molecule has 0 spiro atoms. The predicted molar refractivity (Wildman–Crippen MR) is 97.6 cm³/mol. The lowest BCUT2D eigenvalue weighted by Crippen LogP contribution is -2.41. The van der Waals surface area contributed by atoms with Crippen molar-refractivity contribution in [3.63, 3.8) is 0 Å². The summed E-state index contributed by atoms with van der Waals surface area (Å²) < 4.78 is 13.8. The molecule has 0 aromatic carbocycles. The van der Waals surface area contributed by atoms with E-state index in [1.807, 2.05) is 48.5 Å². The molecular weight excluding hydrogens is 319 g/mol. The van der Waals surface area contributed by atoms with E-state index in [0.717, 1.165) is 10.8 Å². The standard InChI is InChI=1S/C18H25BN2O4/c1-16(2,3)14-13(19-24-17(4,5)18(6,7)25-19)11-10-20-9-8-12(11)21(14)15(22)23/h8-10H,1-7H3,(H,22,23). The van der Waals surface area contributed by atoms with E-state index in [0.29, 0.717) is 11.2 Å². The maximum Gasteiger partial charge on any atom is 0.497 e. The normalized spacial score (nSPS) is 19.6. The Kier molecular flexibility index (Phi) is 3.82. The zero-order valence-corrected chi connectivity index (χ0v) is 15.9. The van der Waals surface area contributed by atoms with Crippen LogP contribution in [0.15, 0.2) is 18.5 Å². The van der Waals surface area contributed by atoms with E-state index >= 15 is 0 Å². The van der Waals surface area contributed by atoms with Crippen LogP contribution in [0.3, 0.4) is 0 Å². The van der Waals surface area contributed by atoms with Crippen LogP contribution < -0.4 is 5.46 Å². The van der Waals surface area contributed by atoms with Gasteiger partial charge in [-0.05, 0) is 33.8 Å². The minimum absolute atomic E-state index is 0.420. The summed E-state index contributed by atoms with van der Waals surface area (Å²) in [5, 5.41) is 10.6. The molecule has 1 aliphatic heterocycles. The monoisotopic (exact) mass is 344 g/mol. The predicted octanol–water partition coefficient (Wildman–Crippen LogP) is 3.16. The summed E-state index contributed by atoms with van der Waals surface area (Å²) in [7, 11) is -0.647. The molecule has 1 aliphatic rings. The van der Waals surface area contributed by atoms with Crippen LogP contribution in [0.2, 0.25) is 0 Å². The highest BCUT2D eigenvalue weighted by molar-refractivity contribution is 6.66. The number of hydrogen-bond acceptors (Lipinski definition) is 4. The van der Waals surface area contributed by atoms with Crippen LogP contribution in [0.1, 0.15) is 54.2 Å². The van der Waals surface area contributed by atoms with E-state index in [1.54, 1.807) is 18.5 Å². The Labute approximate surface area is 148 Å². The van der Waals surface area contributed by atoms with Crippen LogP contribution in [0.4, 0.5) is 4.79 Å². The van der Waals surface area contributed by atoms with Crippen molar-refractivity contribution in [3.8, 4) is 0 Å². The third-order valence-electron chi connectivity index (χ3n) is 5.20. The molecular formula is C18H25BN2O4. The first kappa shape index (κ1) is 18.0. The Morgan fingerprint density at radius 1 is 1.20 bits per heavy atom. The number of hydrogen-bond donors (Lipinski definition) is 1. The molecule has 0 amide bonds. The topological polar surface area (TPSA) is 73.6 Å². The van der Waals surface area contributed by atoms with E-state index in [2.05, 4.69) is 4.98 Å². The molecule has 25 heavy (non-hydrogen) atoms. The highest BCUT2D eigenvalue weighted by atomic mass is 16.7. The molecule has 7 heteroatoms. The minimum atomic E-state index is -1.02. The fourth-order valence-corrected chi connectivity index (χ4v) is 3.30. The molecule has 2 aromatic rings. The molecule has 1 fully saturated rings. The second-order valence-corrected chi connectivity index (χ2v) is 8.61. The molecule has 0 unspecified atom stereocenters. The lowest BCUT2D eigenvalue weighted by molar-refractivity contribution is 0.00578. The summed E-state index contributed by atoms with van der Waals surface area (Å²) in [6.07, 6.45) is 2.26. The zero-order valence-electron chi connectivity index (χ0n) is 15.9.